The third-order valence-electron chi connectivity index (χ3n) is 3.38. The van der Waals surface area contributed by atoms with Crippen LogP contribution in [0.5, 0.6) is 0 Å². The average Bonchev–Trinajstić information content (AvgIpc) is 2.86. The highest BCUT2D eigenvalue weighted by Crippen LogP contribution is 2.31. The van der Waals surface area contributed by atoms with Crippen molar-refractivity contribution in [1.29, 1.82) is 0 Å². The molecule has 0 bridgehead atoms. The van der Waals surface area contributed by atoms with Gasteiger partial charge in [0.25, 0.3) is 11.5 Å². The number of fused-ring (bicyclic) bond motifs is 1. The number of aromatic nitrogens is 2. The Morgan fingerprint density at radius 2 is 1.88 bits per heavy atom. The van der Waals surface area contributed by atoms with Gasteiger partial charge in [0.05, 0.1) is 10.3 Å². The Hall–Kier alpha value is -2.75. The van der Waals surface area contributed by atoms with E-state index in [-0.39, 0.29) is 20.7 Å². The molecule has 0 fully saturated rings. The van der Waals surface area contributed by atoms with Crippen LogP contribution in [0.3, 0.4) is 0 Å². The Labute approximate surface area is 141 Å². The lowest BCUT2D eigenvalue weighted by atomic mass is 10.2. The van der Waals surface area contributed by atoms with Crippen LogP contribution in [0, 0.1) is 12.7 Å². The van der Waals surface area contributed by atoms with Crippen molar-refractivity contribution in [2.24, 2.45) is 0 Å². The number of benzene rings is 1. The van der Waals surface area contributed by atoms with Crippen LogP contribution < -0.4 is 10.9 Å². The molecule has 0 aliphatic rings. The molecule has 0 atom stereocenters. The van der Waals surface area contributed by atoms with Crippen LogP contribution in [0.2, 0.25) is 0 Å². The molecule has 5 nitrogen and oxygen atoms in total. The van der Waals surface area contributed by atoms with Crippen molar-refractivity contribution in [3.05, 3.63) is 56.7 Å². The minimum atomic E-state index is -4.80. The van der Waals surface area contributed by atoms with E-state index in [9.17, 15) is 27.2 Å². The summed E-state index contributed by atoms with van der Waals surface area (Å²) in [5, 5.41) is 2.43. The number of aromatic amines is 1. The minimum Gasteiger partial charge on any atom is -0.321 e. The Bertz CT molecular complexity index is 1020. The van der Waals surface area contributed by atoms with E-state index >= 15 is 0 Å². The van der Waals surface area contributed by atoms with E-state index in [2.05, 4.69) is 10.3 Å². The molecular formula is C15H9F4N3O2S. The van der Waals surface area contributed by atoms with Crippen molar-refractivity contribution in [1.82, 2.24) is 9.97 Å². The average molecular weight is 371 g/mol. The number of rotatable bonds is 2. The van der Waals surface area contributed by atoms with Crippen LogP contribution in [0.25, 0.3) is 10.2 Å². The molecule has 130 valence electrons. The Kier molecular flexibility index (Phi) is 4.07. The molecule has 25 heavy (non-hydrogen) atoms. The fourth-order valence-corrected chi connectivity index (χ4v) is 3.29. The highest BCUT2D eigenvalue weighted by molar-refractivity contribution is 7.20. The summed E-state index contributed by atoms with van der Waals surface area (Å²) < 4.78 is 51.1. The molecule has 3 aromatic rings. The van der Waals surface area contributed by atoms with E-state index in [1.807, 2.05) is 0 Å². The number of nitrogens with one attached hydrogen (secondary N) is 2. The van der Waals surface area contributed by atoms with Crippen molar-refractivity contribution in [3.8, 4) is 0 Å². The first-order valence-electron chi connectivity index (χ1n) is 6.84. The molecule has 0 aliphatic carbocycles. The first-order chi connectivity index (χ1) is 11.7. The lowest BCUT2D eigenvalue weighted by Crippen LogP contribution is -2.18. The monoisotopic (exact) mass is 371 g/mol. The molecule has 0 radical (unpaired) electrons. The van der Waals surface area contributed by atoms with Gasteiger partial charge < -0.3 is 10.3 Å². The van der Waals surface area contributed by atoms with E-state index in [0.29, 0.717) is 17.0 Å². The lowest BCUT2D eigenvalue weighted by molar-refractivity contribution is -0.144. The number of carbonyl (C=O) groups excluding carboxylic acids is 1. The summed E-state index contributed by atoms with van der Waals surface area (Å²) in [6.07, 6.45) is -4.80. The van der Waals surface area contributed by atoms with E-state index in [1.165, 1.54) is 19.1 Å². The van der Waals surface area contributed by atoms with Gasteiger partial charge in [0.15, 0.2) is 0 Å². The molecule has 0 saturated carbocycles. The van der Waals surface area contributed by atoms with E-state index < -0.39 is 29.3 Å². The van der Waals surface area contributed by atoms with Crippen molar-refractivity contribution in [3.63, 3.8) is 0 Å². The summed E-state index contributed by atoms with van der Waals surface area (Å²) in [4.78, 5) is 29.2. The van der Waals surface area contributed by atoms with Crippen LogP contribution in [0.1, 0.15) is 21.1 Å². The zero-order valence-electron chi connectivity index (χ0n) is 12.5. The maximum absolute atomic E-state index is 12.9. The van der Waals surface area contributed by atoms with Gasteiger partial charge in [0.2, 0.25) is 5.82 Å². The van der Waals surface area contributed by atoms with Crippen LogP contribution in [0.15, 0.2) is 29.1 Å². The lowest BCUT2D eigenvalue weighted by Gasteiger charge is -2.04. The van der Waals surface area contributed by atoms with Crippen molar-refractivity contribution < 1.29 is 22.4 Å². The van der Waals surface area contributed by atoms with Gasteiger partial charge in [-0.2, -0.15) is 13.2 Å². The largest absolute Gasteiger partial charge is 0.449 e. The fourth-order valence-electron chi connectivity index (χ4n) is 2.22. The van der Waals surface area contributed by atoms with Crippen molar-refractivity contribution in [2.45, 2.75) is 13.1 Å². The summed E-state index contributed by atoms with van der Waals surface area (Å²) in [7, 11) is 0. The molecule has 0 spiro atoms. The number of hydrogen-bond acceptors (Lipinski definition) is 4. The van der Waals surface area contributed by atoms with E-state index in [0.717, 1.165) is 12.1 Å². The van der Waals surface area contributed by atoms with Gasteiger partial charge in [-0.3, -0.25) is 9.59 Å². The number of nitrogens with zero attached hydrogens (tertiary/aromatic N) is 1. The smallest absolute Gasteiger partial charge is 0.321 e. The molecule has 10 heteroatoms. The summed E-state index contributed by atoms with van der Waals surface area (Å²) in [5.74, 6) is -2.52. The molecular weight excluding hydrogens is 362 g/mol. The fraction of sp³-hybridized carbons (Fsp3) is 0.133. The predicted octanol–water partition coefficient (Wildman–Crippen LogP) is 3.70. The summed E-state index contributed by atoms with van der Waals surface area (Å²) >= 11 is 0.682. The van der Waals surface area contributed by atoms with Gasteiger partial charge in [-0.15, -0.1) is 11.3 Å². The Morgan fingerprint density at radius 3 is 2.48 bits per heavy atom. The normalized spacial score (nSPS) is 11.7. The molecule has 0 saturated heterocycles. The zero-order valence-corrected chi connectivity index (χ0v) is 13.3. The topological polar surface area (TPSA) is 74.8 Å². The SMILES string of the molecule is Cc1c(C(=O)Nc2ccc(F)cc2)sc2nc(C(F)(F)F)[nH]c(=O)c12. The maximum atomic E-state index is 12.9. The summed E-state index contributed by atoms with van der Waals surface area (Å²) in [6.45, 7) is 1.45. The van der Waals surface area contributed by atoms with Gasteiger partial charge >= 0.3 is 6.18 Å². The third kappa shape index (κ3) is 3.25. The summed E-state index contributed by atoms with van der Waals surface area (Å²) in [5.41, 5.74) is -0.435. The molecule has 0 aliphatic heterocycles. The number of H-pyrrole nitrogens is 1. The third-order valence-corrected chi connectivity index (χ3v) is 4.56. The highest BCUT2D eigenvalue weighted by atomic mass is 32.1. The van der Waals surface area contributed by atoms with Gasteiger partial charge in [0.1, 0.15) is 10.6 Å². The predicted molar refractivity (Wildman–Crippen MR) is 84.3 cm³/mol. The first-order valence-corrected chi connectivity index (χ1v) is 7.66. The van der Waals surface area contributed by atoms with Crippen LogP contribution in [0.4, 0.5) is 23.2 Å². The first kappa shape index (κ1) is 17.1. The second-order valence-electron chi connectivity index (χ2n) is 5.11. The second-order valence-corrected chi connectivity index (χ2v) is 6.11. The number of halogens is 4. The highest BCUT2D eigenvalue weighted by Gasteiger charge is 2.35. The molecule has 2 aromatic heterocycles. The van der Waals surface area contributed by atoms with Crippen LogP contribution >= 0.6 is 11.3 Å². The molecule has 3 rings (SSSR count). The number of hydrogen-bond donors (Lipinski definition) is 2. The number of thiophene rings is 1. The van der Waals surface area contributed by atoms with Gasteiger partial charge in [-0.1, -0.05) is 0 Å². The van der Waals surface area contributed by atoms with Gasteiger partial charge in [-0.25, -0.2) is 9.37 Å². The van der Waals surface area contributed by atoms with Gasteiger partial charge in [0, 0.05) is 5.69 Å². The molecule has 1 amide bonds. The number of carbonyl (C=O) groups is 1. The second kappa shape index (κ2) is 5.96. The van der Waals surface area contributed by atoms with Crippen LogP contribution in [-0.2, 0) is 6.18 Å². The van der Waals surface area contributed by atoms with Gasteiger partial charge in [-0.05, 0) is 36.8 Å². The Balaban J connectivity index is 2.03. The number of amides is 1. The molecule has 0 unspecified atom stereocenters. The molecule has 2 N–H and O–H groups in total. The van der Waals surface area contributed by atoms with Crippen molar-refractivity contribution in [2.75, 3.05) is 5.32 Å². The van der Waals surface area contributed by atoms with E-state index in [4.69, 9.17) is 0 Å². The molecule has 2 heterocycles. The Morgan fingerprint density at radius 1 is 1.24 bits per heavy atom. The van der Waals surface area contributed by atoms with E-state index in [1.54, 1.807) is 4.98 Å². The van der Waals surface area contributed by atoms with Crippen molar-refractivity contribution >= 4 is 33.1 Å². The zero-order chi connectivity index (χ0) is 18.4. The maximum Gasteiger partial charge on any atom is 0.449 e. The minimum absolute atomic E-state index is 0.0525. The number of aryl methyl sites for hydroxylation is 1. The molecule has 1 aromatic carbocycles. The quantitative estimate of drug-likeness (QED) is 0.675. The standard InChI is InChI=1S/C15H9F4N3O2S/c1-6-9-11(23)21-14(15(17,18)19)22-13(9)25-10(6)12(24)20-8-4-2-7(16)3-5-8/h2-5H,1H3,(H,20,24)(H,21,22,23). The van der Waals surface area contributed by atoms with Crippen LogP contribution in [-0.4, -0.2) is 15.9 Å². The number of alkyl halides is 3. The number of anilines is 1. The summed E-state index contributed by atoms with van der Waals surface area (Å²) in [6, 6.07) is 4.97.